The molecular weight excluding hydrogens is 633 g/mol. The first-order valence-electron chi connectivity index (χ1n) is 13.5. The molecule has 46 heavy (non-hydrogen) atoms. The van der Waals surface area contributed by atoms with Crippen LogP contribution < -0.4 is 29.6 Å². The highest BCUT2D eigenvalue weighted by Gasteiger charge is 2.18. The lowest BCUT2D eigenvalue weighted by Gasteiger charge is -2.12. The number of carbonyl (C=O) groups excluding carboxylic acids is 2. The summed E-state index contributed by atoms with van der Waals surface area (Å²) in [4.78, 5) is 25.1. The fourth-order valence-electron chi connectivity index (χ4n) is 4.00. The van der Waals surface area contributed by atoms with Gasteiger partial charge in [-0.15, -0.1) is 0 Å². The highest BCUT2D eigenvalue weighted by atomic mass is 32.2. The predicted molar refractivity (Wildman–Crippen MR) is 173 cm³/mol. The minimum Gasteiger partial charge on any atom is -0.379 e. The molecule has 4 amide bonds. The zero-order valence-corrected chi connectivity index (χ0v) is 25.4. The van der Waals surface area contributed by atoms with Crippen LogP contribution in [0.15, 0.2) is 143 Å². The molecule has 0 heterocycles. The van der Waals surface area contributed by atoms with Gasteiger partial charge in [-0.1, -0.05) is 48.5 Å². The van der Waals surface area contributed by atoms with Gasteiger partial charge in [0.05, 0.1) is 0 Å². The SMILES string of the molecule is O=C(Nc1ccc(NC(=O)Nc2cccc(OS(=O)(=O)c3ccccc3)c2)cc1)Nc1cccc(OS(=O)(=O)c2ccccc2)c1. The number of hydrogen-bond acceptors (Lipinski definition) is 8. The van der Waals surface area contributed by atoms with Crippen LogP contribution >= 0.6 is 0 Å². The molecule has 0 aliphatic rings. The van der Waals surface area contributed by atoms with Crippen LogP contribution in [0.5, 0.6) is 11.5 Å². The summed E-state index contributed by atoms with van der Waals surface area (Å²) in [7, 11) is -8.09. The molecule has 14 heteroatoms. The van der Waals surface area contributed by atoms with Gasteiger partial charge in [-0.05, 0) is 72.8 Å². The van der Waals surface area contributed by atoms with E-state index in [1.54, 1.807) is 72.8 Å². The number of carbonyl (C=O) groups is 2. The van der Waals surface area contributed by atoms with Crippen molar-refractivity contribution in [1.82, 2.24) is 0 Å². The van der Waals surface area contributed by atoms with Crippen molar-refractivity contribution >= 4 is 55.0 Å². The van der Waals surface area contributed by atoms with Gasteiger partial charge in [-0.2, -0.15) is 16.8 Å². The van der Waals surface area contributed by atoms with Crippen molar-refractivity contribution in [1.29, 1.82) is 0 Å². The van der Waals surface area contributed by atoms with E-state index in [2.05, 4.69) is 21.3 Å². The molecule has 0 saturated heterocycles. The van der Waals surface area contributed by atoms with E-state index >= 15 is 0 Å². The summed E-state index contributed by atoms with van der Waals surface area (Å²) in [5.74, 6) is 0.0404. The third-order valence-electron chi connectivity index (χ3n) is 6.06. The Morgan fingerprint density at radius 3 is 1.13 bits per heavy atom. The third-order valence-corrected chi connectivity index (χ3v) is 8.58. The van der Waals surface area contributed by atoms with E-state index in [4.69, 9.17) is 8.37 Å². The van der Waals surface area contributed by atoms with Gasteiger partial charge in [0.1, 0.15) is 21.3 Å². The fourth-order valence-corrected chi connectivity index (χ4v) is 5.89. The van der Waals surface area contributed by atoms with Gasteiger partial charge < -0.3 is 29.6 Å². The smallest absolute Gasteiger partial charge is 0.339 e. The van der Waals surface area contributed by atoms with Crippen LogP contribution in [0.1, 0.15) is 0 Å². The van der Waals surface area contributed by atoms with Crippen LogP contribution in [0.25, 0.3) is 0 Å². The van der Waals surface area contributed by atoms with Crippen LogP contribution in [0.4, 0.5) is 32.3 Å². The maximum atomic E-state index is 12.6. The molecule has 4 N–H and O–H groups in total. The molecule has 12 nitrogen and oxygen atoms in total. The summed E-state index contributed by atoms with van der Waals surface area (Å²) >= 11 is 0. The predicted octanol–water partition coefficient (Wildman–Crippen LogP) is 6.51. The summed E-state index contributed by atoms with van der Waals surface area (Å²) in [6.45, 7) is 0. The molecule has 0 radical (unpaired) electrons. The number of nitrogens with one attached hydrogen (secondary N) is 4. The molecule has 0 unspecified atom stereocenters. The van der Waals surface area contributed by atoms with Crippen LogP contribution in [0.2, 0.25) is 0 Å². The van der Waals surface area contributed by atoms with Crippen LogP contribution in [-0.2, 0) is 20.2 Å². The molecule has 5 aromatic carbocycles. The highest BCUT2D eigenvalue weighted by Crippen LogP contribution is 2.24. The van der Waals surface area contributed by atoms with Gasteiger partial charge >= 0.3 is 32.3 Å². The average Bonchev–Trinajstić information content (AvgIpc) is 3.03. The third kappa shape index (κ3) is 8.62. The maximum Gasteiger partial charge on any atom is 0.339 e. The molecule has 0 saturated carbocycles. The molecule has 0 bridgehead atoms. The van der Waals surface area contributed by atoms with Gasteiger partial charge in [0, 0.05) is 34.9 Å². The highest BCUT2D eigenvalue weighted by molar-refractivity contribution is 7.87. The minimum atomic E-state index is -4.05. The summed E-state index contributed by atoms with van der Waals surface area (Å²) in [5.41, 5.74) is 1.40. The summed E-state index contributed by atoms with van der Waals surface area (Å²) in [6, 6.07) is 32.2. The van der Waals surface area contributed by atoms with Crippen molar-refractivity contribution in [3.8, 4) is 11.5 Å². The van der Waals surface area contributed by atoms with Gasteiger partial charge in [0.25, 0.3) is 0 Å². The Balaban J connectivity index is 1.12. The quantitative estimate of drug-likeness (QED) is 0.123. The van der Waals surface area contributed by atoms with Crippen molar-refractivity contribution in [2.75, 3.05) is 21.3 Å². The summed E-state index contributed by atoms with van der Waals surface area (Å²) in [6.07, 6.45) is 0. The molecule has 234 valence electrons. The van der Waals surface area contributed by atoms with Crippen molar-refractivity contribution in [2.45, 2.75) is 9.79 Å². The van der Waals surface area contributed by atoms with Crippen LogP contribution in [-0.4, -0.2) is 28.9 Å². The van der Waals surface area contributed by atoms with E-state index in [1.165, 1.54) is 60.7 Å². The van der Waals surface area contributed by atoms with E-state index in [-0.39, 0.29) is 21.3 Å². The molecule has 0 aromatic heterocycles. The Bertz CT molecular complexity index is 1910. The first-order chi connectivity index (χ1) is 22.1. The van der Waals surface area contributed by atoms with Gasteiger partial charge in [-0.3, -0.25) is 0 Å². The molecule has 0 atom stereocenters. The van der Waals surface area contributed by atoms with E-state index in [0.29, 0.717) is 22.7 Å². The molecule has 0 spiro atoms. The molecule has 5 rings (SSSR count). The topological polar surface area (TPSA) is 169 Å². The monoisotopic (exact) mass is 658 g/mol. The Morgan fingerprint density at radius 1 is 0.413 bits per heavy atom. The van der Waals surface area contributed by atoms with E-state index in [9.17, 15) is 26.4 Å². The Kier molecular flexibility index (Phi) is 9.50. The summed E-state index contributed by atoms with van der Waals surface area (Å²) in [5, 5.41) is 10.5. The van der Waals surface area contributed by atoms with E-state index < -0.39 is 32.3 Å². The number of hydrogen-bond donors (Lipinski definition) is 4. The van der Waals surface area contributed by atoms with E-state index in [1.807, 2.05) is 0 Å². The normalized spacial score (nSPS) is 11.1. The summed E-state index contributed by atoms with van der Waals surface area (Å²) < 4.78 is 60.3. The lowest BCUT2D eigenvalue weighted by molar-refractivity contribution is 0.261. The van der Waals surface area contributed by atoms with Gasteiger partial charge in [-0.25, -0.2) is 9.59 Å². The molecule has 0 fully saturated rings. The largest absolute Gasteiger partial charge is 0.379 e. The first kappa shape index (κ1) is 31.6. The van der Waals surface area contributed by atoms with Crippen LogP contribution in [0, 0.1) is 0 Å². The second-order valence-electron chi connectivity index (χ2n) is 9.49. The number of anilines is 4. The van der Waals surface area contributed by atoms with Gasteiger partial charge in [0.15, 0.2) is 0 Å². The number of amides is 4. The standard InChI is InChI=1S/C32H26N4O8S2/c37-31(35-25-9-7-11-27(21-25)43-45(39,40)29-13-3-1-4-14-29)33-23-17-19-24(20-18-23)34-32(38)36-26-10-8-12-28(22-26)44-46(41,42)30-15-5-2-6-16-30/h1-22H,(H2,33,35,37)(H2,34,36,38). The number of benzene rings is 5. The van der Waals surface area contributed by atoms with Crippen molar-refractivity contribution < 1.29 is 34.8 Å². The molecule has 0 aliphatic heterocycles. The molecule has 5 aromatic rings. The Labute approximate surface area is 265 Å². The average molecular weight is 659 g/mol. The Morgan fingerprint density at radius 2 is 0.761 bits per heavy atom. The zero-order chi connectivity index (χ0) is 32.6. The van der Waals surface area contributed by atoms with Crippen molar-refractivity contribution in [3.63, 3.8) is 0 Å². The van der Waals surface area contributed by atoms with Crippen LogP contribution in [0.3, 0.4) is 0 Å². The first-order valence-corrected chi connectivity index (χ1v) is 16.3. The zero-order valence-electron chi connectivity index (χ0n) is 23.8. The van der Waals surface area contributed by atoms with Crippen molar-refractivity contribution in [2.24, 2.45) is 0 Å². The second-order valence-corrected chi connectivity index (χ2v) is 12.6. The lowest BCUT2D eigenvalue weighted by Crippen LogP contribution is -2.20. The second kappa shape index (κ2) is 13.8. The Hall–Kier alpha value is -5.86. The number of urea groups is 2. The van der Waals surface area contributed by atoms with Crippen molar-refractivity contribution in [3.05, 3.63) is 133 Å². The molecule has 0 aliphatic carbocycles. The fraction of sp³-hybridized carbons (Fsp3) is 0. The van der Waals surface area contributed by atoms with E-state index in [0.717, 1.165) is 0 Å². The maximum absolute atomic E-state index is 12.6. The number of rotatable bonds is 10. The minimum absolute atomic E-state index is 0.00233. The lowest BCUT2D eigenvalue weighted by atomic mass is 10.2. The van der Waals surface area contributed by atoms with Gasteiger partial charge in [0.2, 0.25) is 0 Å². The molecular formula is C32H26N4O8S2.